The average molecular weight is 408 g/mol. The quantitative estimate of drug-likeness (QED) is 0.558. The first-order chi connectivity index (χ1) is 14.7. The van der Waals surface area contributed by atoms with Crippen molar-refractivity contribution in [3.05, 3.63) is 59.9 Å². The molecule has 0 saturated carbocycles. The Morgan fingerprint density at radius 2 is 1.83 bits per heavy atom. The third-order valence-electron chi connectivity index (χ3n) is 5.52. The highest BCUT2D eigenvalue weighted by atomic mass is 16.5. The van der Waals surface area contributed by atoms with Crippen molar-refractivity contribution in [2.75, 3.05) is 27.3 Å². The summed E-state index contributed by atoms with van der Waals surface area (Å²) in [6.45, 7) is 3.65. The van der Waals surface area contributed by atoms with Crippen LogP contribution in [0.4, 0.5) is 0 Å². The van der Waals surface area contributed by atoms with Crippen LogP contribution in [0.15, 0.2) is 48.8 Å². The lowest BCUT2D eigenvalue weighted by Gasteiger charge is -2.19. The van der Waals surface area contributed by atoms with E-state index < -0.39 is 0 Å². The van der Waals surface area contributed by atoms with Crippen molar-refractivity contribution in [2.45, 2.75) is 26.0 Å². The van der Waals surface area contributed by atoms with Crippen molar-refractivity contribution in [3.63, 3.8) is 0 Å². The molecule has 6 heteroatoms. The summed E-state index contributed by atoms with van der Waals surface area (Å²) in [6.07, 6.45) is 6.34. The summed E-state index contributed by atoms with van der Waals surface area (Å²) in [5.74, 6) is 2.39. The van der Waals surface area contributed by atoms with Crippen molar-refractivity contribution < 1.29 is 14.2 Å². The summed E-state index contributed by atoms with van der Waals surface area (Å²) in [5.41, 5.74) is 4.35. The monoisotopic (exact) mass is 407 g/mol. The molecular formula is C24H29N3O3. The maximum atomic E-state index is 6.20. The number of ether oxygens (including phenoxy) is 3. The molecule has 158 valence electrons. The van der Waals surface area contributed by atoms with Gasteiger partial charge in [0.15, 0.2) is 11.5 Å². The Labute approximate surface area is 178 Å². The summed E-state index contributed by atoms with van der Waals surface area (Å²) < 4.78 is 19.1. The van der Waals surface area contributed by atoms with Crippen molar-refractivity contribution >= 4 is 0 Å². The second-order valence-electron chi connectivity index (χ2n) is 7.66. The van der Waals surface area contributed by atoms with Crippen molar-refractivity contribution in [1.29, 1.82) is 0 Å². The van der Waals surface area contributed by atoms with Crippen LogP contribution in [-0.4, -0.2) is 42.0 Å². The van der Waals surface area contributed by atoms with Gasteiger partial charge in [-0.05, 0) is 49.7 Å². The Morgan fingerprint density at radius 1 is 1.00 bits per heavy atom. The molecule has 2 heterocycles. The van der Waals surface area contributed by atoms with Gasteiger partial charge in [0.1, 0.15) is 12.4 Å². The van der Waals surface area contributed by atoms with Gasteiger partial charge in [-0.3, -0.25) is 9.58 Å². The summed E-state index contributed by atoms with van der Waals surface area (Å²) in [5, 5.41) is 4.23. The van der Waals surface area contributed by atoms with Gasteiger partial charge in [-0.1, -0.05) is 18.2 Å². The third kappa shape index (κ3) is 4.44. The molecule has 1 aliphatic rings. The van der Waals surface area contributed by atoms with Gasteiger partial charge in [0.2, 0.25) is 0 Å². The van der Waals surface area contributed by atoms with E-state index in [1.807, 2.05) is 31.6 Å². The highest BCUT2D eigenvalue weighted by Gasteiger charge is 2.17. The van der Waals surface area contributed by atoms with Gasteiger partial charge in [0.25, 0.3) is 0 Å². The summed E-state index contributed by atoms with van der Waals surface area (Å²) >= 11 is 0. The highest BCUT2D eigenvalue weighted by molar-refractivity contribution is 5.75. The van der Waals surface area contributed by atoms with Crippen LogP contribution in [0.2, 0.25) is 0 Å². The van der Waals surface area contributed by atoms with Gasteiger partial charge < -0.3 is 14.2 Å². The minimum absolute atomic E-state index is 0.503. The number of nitrogens with zero attached hydrogens (tertiary/aromatic N) is 3. The molecule has 1 aliphatic heterocycles. The van der Waals surface area contributed by atoms with Crippen LogP contribution in [0.5, 0.6) is 17.2 Å². The fourth-order valence-corrected chi connectivity index (χ4v) is 4.01. The van der Waals surface area contributed by atoms with Gasteiger partial charge >= 0.3 is 0 Å². The lowest BCUT2D eigenvalue weighted by atomic mass is 10.0. The molecule has 30 heavy (non-hydrogen) atoms. The molecule has 0 atom stereocenters. The number of hydrogen-bond acceptors (Lipinski definition) is 5. The molecule has 0 aliphatic carbocycles. The fraction of sp³-hybridized carbons (Fsp3) is 0.375. The Kier molecular flexibility index (Phi) is 6.23. The molecule has 0 unspecified atom stereocenters. The predicted octanol–water partition coefficient (Wildman–Crippen LogP) is 4.28. The van der Waals surface area contributed by atoms with E-state index in [0.717, 1.165) is 53.6 Å². The van der Waals surface area contributed by atoms with E-state index in [-0.39, 0.29) is 0 Å². The molecule has 0 amide bonds. The van der Waals surface area contributed by atoms with Crippen molar-refractivity contribution in [2.24, 2.45) is 7.05 Å². The number of rotatable bonds is 8. The second-order valence-corrected chi connectivity index (χ2v) is 7.66. The standard InChI is InChI=1S/C24H29N3O3/c1-26-15-18(14-25-26)17-30-22-10-9-19(13-20(22)16-27-11-4-5-12-27)21-7-6-8-23(28-2)24(21)29-3/h6-10,13-15H,4-5,11-12,16-17H2,1-3H3. The molecule has 0 radical (unpaired) electrons. The lowest BCUT2D eigenvalue weighted by Crippen LogP contribution is -2.19. The first kappa shape index (κ1) is 20.3. The Morgan fingerprint density at radius 3 is 2.53 bits per heavy atom. The number of benzene rings is 2. The average Bonchev–Trinajstić information content (AvgIpc) is 3.43. The Hall–Kier alpha value is -2.99. The van der Waals surface area contributed by atoms with Crippen LogP contribution in [-0.2, 0) is 20.2 Å². The van der Waals surface area contributed by atoms with Gasteiger partial charge in [-0.25, -0.2) is 0 Å². The highest BCUT2D eigenvalue weighted by Crippen LogP contribution is 2.39. The van der Waals surface area contributed by atoms with E-state index in [4.69, 9.17) is 14.2 Å². The van der Waals surface area contributed by atoms with E-state index >= 15 is 0 Å². The molecule has 0 bridgehead atoms. The minimum atomic E-state index is 0.503. The van der Waals surface area contributed by atoms with Crippen LogP contribution in [0.25, 0.3) is 11.1 Å². The zero-order chi connectivity index (χ0) is 20.9. The van der Waals surface area contributed by atoms with Crippen LogP contribution in [0, 0.1) is 0 Å². The molecule has 2 aromatic carbocycles. The van der Waals surface area contributed by atoms with Crippen molar-refractivity contribution in [3.8, 4) is 28.4 Å². The van der Waals surface area contributed by atoms with Crippen LogP contribution < -0.4 is 14.2 Å². The molecule has 3 aromatic rings. The number of methoxy groups -OCH3 is 2. The first-order valence-electron chi connectivity index (χ1n) is 10.3. The Bertz CT molecular complexity index is 993. The van der Waals surface area contributed by atoms with Gasteiger partial charge in [0, 0.05) is 36.5 Å². The van der Waals surface area contributed by atoms with Gasteiger partial charge in [-0.2, -0.15) is 5.10 Å². The van der Waals surface area contributed by atoms with Crippen molar-refractivity contribution in [1.82, 2.24) is 14.7 Å². The normalized spacial score (nSPS) is 14.1. The number of aromatic nitrogens is 2. The molecule has 1 saturated heterocycles. The molecule has 6 nitrogen and oxygen atoms in total. The molecule has 0 spiro atoms. The largest absolute Gasteiger partial charge is 0.493 e. The minimum Gasteiger partial charge on any atom is -0.493 e. The van der Waals surface area contributed by atoms with E-state index in [1.165, 1.54) is 18.4 Å². The molecule has 0 N–H and O–H groups in total. The fourth-order valence-electron chi connectivity index (χ4n) is 4.01. The Balaban J connectivity index is 1.66. The van der Waals surface area contributed by atoms with E-state index in [1.54, 1.807) is 18.9 Å². The summed E-state index contributed by atoms with van der Waals surface area (Å²) in [7, 11) is 5.26. The third-order valence-corrected chi connectivity index (χ3v) is 5.52. The second kappa shape index (κ2) is 9.22. The zero-order valence-corrected chi connectivity index (χ0v) is 17.9. The number of likely N-dealkylation sites (tertiary alicyclic amines) is 1. The van der Waals surface area contributed by atoms with Crippen LogP contribution >= 0.6 is 0 Å². The van der Waals surface area contributed by atoms with E-state index in [0.29, 0.717) is 6.61 Å². The molecule has 1 fully saturated rings. The molecular weight excluding hydrogens is 378 g/mol. The maximum absolute atomic E-state index is 6.20. The molecule has 1 aromatic heterocycles. The number of para-hydroxylation sites is 1. The van der Waals surface area contributed by atoms with Gasteiger partial charge in [-0.15, -0.1) is 0 Å². The summed E-state index contributed by atoms with van der Waals surface area (Å²) in [6, 6.07) is 12.3. The van der Waals surface area contributed by atoms with Crippen LogP contribution in [0.3, 0.4) is 0 Å². The predicted molar refractivity (Wildman–Crippen MR) is 117 cm³/mol. The summed E-state index contributed by atoms with van der Waals surface area (Å²) in [4.78, 5) is 2.48. The van der Waals surface area contributed by atoms with E-state index in [9.17, 15) is 0 Å². The smallest absolute Gasteiger partial charge is 0.168 e. The van der Waals surface area contributed by atoms with E-state index in [2.05, 4.69) is 34.3 Å². The maximum Gasteiger partial charge on any atom is 0.168 e. The lowest BCUT2D eigenvalue weighted by molar-refractivity contribution is 0.286. The topological polar surface area (TPSA) is 48.8 Å². The number of aryl methyl sites for hydroxylation is 1. The number of hydrogen-bond donors (Lipinski definition) is 0. The van der Waals surface area contributed by atoms with Gasteiger partial charge in [0.05, 0.1) is 20.4 Å². The SMILES string of the molecule is COc1cccc(-c2ccc(OCc3cnn(C)c3)c(CN3CCCC3)c2)c1OC. The molecule has 4 rings (SSSR count). The first-order valence-corrected chi connectivity index (χ1v) is 10.3. The van der Waals surface area contributed by atoms with Crippen LogP contribution in [0.1, 0.15) is 24.0 Å². The zero-order valence-electron chi connectivity index (χ0n) is 17.9.